The Labute approximate surface area is 65.7 Å². The van der Waals surface area contributed by atoms with Gasteiger partial charge in [-0.25, -0.2) is 0 Å². The predicted octanol–water partition coefficient (Wildman–Crippen LogP) is 0.0680. The molecule has 0 saturated heterocycles. The van der Waals surface area contributed by atoms with Crippen LogP contribution in [-0.2, 0) is 0 Å². The van der Waals surface area contributed by atoms with Crippen LogP contribution in [0.25, 0.3) is 12.2 Å². The molecule has 0 saturated carbocycles. The molecule has 1 aromatic heterocycles. The van der Waals surface area contributed by atoms with Crippen LogP contribution in [0.5, 0.6) is 0 Å². The number of nitrogens with two attached hydrogens (primary N) is 1. The van der Waals surface area contributed by atoms with Gasteiger partial charge in [-0.1, -0.05) is 6.58 Å². The van der Waals surface area contributed by atoms with Gasteiger partial charge >= 0.3 is 0 Å². The van der Waals surface area contributed by atoms with Gasteiger partial charge in [0.2, 0.25) is 0 Å². The number of H-pyrrole nitrogens is 1. The number of aromatic nitrogens is 1. The van der Waals surface area contributed by atoms with Crippen molar-refractivity contribution >= 4 is 12.2 Å². The molecule has 58 valence electrons. The molecule has 0 fully saturated rings. The van der Waals surface area contributed by atoms with Gasteiger partial charge in [-0.05, 0) is 30.8 Å². The lowest BCUT2D eigenvalue weighted by Gasteiger charge is -1.86. The van der Waals surface area contributed by atoms with Gasteiger partial charge in [0.25, 0.3) is 0 Å². The third-order valence-electron chi connectivity index (χ3n) is 1.60. The van der Waals surface area contributed by atoms with E-state index < -0.39 is 0 Å². The summed E-state index contributed by atoms with van der Waals surface area (Å²) >= 11 is 0. The summed E-state index contributed by atoms with van der Waals surface area (Å²) in [6.07, 6.45) is 5.26. The summed E-state index contributed by atoms with van der Waals surface area (Å²) in [4.78, 5) is 3.00. The highest BCUT2D eigenvalue weighted by atomic mass is 14.6. The van der Waals surface area contributed by atoms with Crippen LogP contribution in [0.1, 0.15) is 6.92 Å². The minimum Gasteiger partial charge on any atom is -0.405 e. The molecule has 3 N–H and O–H groups in total. The minimum atomic E-state index is 0.931. The average Bonchev–Trinajstić information content (AvgIpc) is 2.36. The van der Waals surface area contributed by atoms with Crippen LogP contribution in [0.4, 0.5) is 0 Å². The first-order valence-electron chi connectivity index (χ1n) is 3.47. The van der Waals surface area contributed by atoms with E-state index in [2.05, 4.69) is 11.6 Å². The Bertz CT molecular complexity index is 357. The summed E-state index contributed by atoms with van der Waals surface area (Å²) < 4.78 is 0. The lowest BCUT2D eigenvalue weighted by atomic mass is 10.2. The lowest BCUT2D eigenvalue weighted by molar-refractivity contribution is 1.32. The van der Waals surface area contributed by atoms with Gasteiger partial charge in [0.1, 0.15) is 0 Å². The number of aromatic amines is 1. The average molecular weight is 148 g/mol. The second-order valence-corrected chi connectivity index (χ2v) is 2.41. The molecule has 1 aromatic rings. The van der Waals surface area contributed by atoms with Gasteiger partial charge in [-0.15, -0.1) is 0 Å². The molecule has 0 unspecified atom stereocenters. The summed E-state index contributed by atoms with van der Waals surface area (Å²) in [6, 6.07) is 1.98. The van der Waals surface area contributed by atoms with Crippen LogP contribution < -0.4 is 16.3 Å². The molecular formula is C9H12N2. The van der Waals surface area contributed by atoms with E-state index in [0.717, 1.165) is 16.1 Å². The fourth-order valence-corrected chi connectivity index (χ4v) is 1.01. The minimum absolute atomic E-state index is 0.931. The first-order chi connectivity index (χ1) is 5.25. The van der Waals surface area contributed by atoms with E-state index in [0.29, 0.717) is 0 Å². The summed E-state index contributed by atoms with van der Waals surface area (Å²) in [6.45, 7) is 5.83. The van der Waals surface area contributed by atoms with Gasteiger partial charge in [0, 0.05) is 16.8 Å². The third-order valence-corrected chi connectivity index (χ3v) is 1.60. The fraction of sp³-hybridized carbons (Fsp3) is 0.111. The van der Waals surface area contributed by atoms with Crippen LogP contribution in [0.3, 0.4) is 0 Å². The van der Waals surface area contributed by atoms with Crippen molar-refractivity contribution in [3.63, 3.8) is 0 Å². The molecule has 0 bridgehead atoms. The van der Waals surface area contributed by atoms with Crippen molar-refractivity contribution in [3.05, 3.63) is 35.1 Å². The first kappa shape index (κ1) is 7.66. The van der Waals surface area contributed by atoms with E-state index in [1.807, 2.05) is 25.3 Å². The van der Waals surface area contributed by atoms with Crippen molar-refractivity contribution in [1.82, 2.24) is 4.98 Å². The lowest BCUT2D eigenvalue weighted by Crippen LogP contribution is -2.21. The molecule has 1 heterocycles. The number of allylic oxidation sites excluding steroid dienone is 1. The van der Waals surface area contributed by atoms with Gasteiger partial charge in [-0.3, -0.25) is 0 Å². The predicted molar refractivity (Wildman–Crippen MR) is 48.0 cm³/mol. The summed E-state index contributed by atoms with van der Waals surface area (Å²) in [5.74, 6) is 0. The number of rotatable bonds is 1. The molecule has 11 heavy (non-hydrogen) atoms. The van der Waals surface area contributed by atoms with Gasteiger partial charge in [0.05, 0.1) is 0 Å². The van der Waals surface area contributed by atoms with Gasteiger partial charge < -0.3 is 10.7 Å². The zero-order valence-corrected chi connectivity index (χ0v) is 6.59. The molecule has 2 heteroatoms. The second-order valence-electron chi connectivity index (χ2n) is 2.41. The van der Waals surface area contributed by atoms with E-state index in [4.69, 9.17) is 5.73 Å². The largest absolute Gasteiger partial charge is 0.405 e. The Hall–Kier alpha value is -1.44. The maximum atomic E-state index is 5.25. The SMILES string of the molecule is C=c1[nH]cc/c1=C(C)/C=C\N. The quantitative estimate of drug-likeness (QED) is 0.581. The van der Waals surface area contributed by atoms with Crippen molar-refractivity contribution in [3.8, 4) is 0 Å². The van der Waals surface area contributed by atoms with Crippen molar-refractivity contribution in [2.45, 2.75) is 6.92 Å². The van der Waals surface area contributed by atoms with E-state index in [9.17, 15) is 0 Å². The van der Waals surface area contributed by atoms with Gasteiger partial charge in [-0.2, -0.15) is 0 Å². The maximum absolute atomic E-state index is 5.25. The van der Waals surface area contributed by atoms with Crippen molar-refractivity contribution in [2.75, 3.05) is 0 Å². The highest BCUT2D eigenvalue weighted by molar-refractivity contribution is 5.53. The van der Waals surface area contributed by atoms with Crippen molar-refractivity contribution < 1.29 is 0 Å². The monoisotopic (exact) mass is 148 g/mol. The molecule has 2 nitrogen and oxygen atoms in total. The molecule has 0 aliphatic heterocycles. The van der Waals surface area contributed by atoms with Crippen LogP contribution in [0.2, 0.25) is 0 Å². The molecule has 0 atom stereocenters. The van der Waals surface area contributed by atoms with E-state index in [1.54, 1.807) is 0 Å². The molecule has 0 aliphatic rings. The van der Waals surface area contributed by atoms with E-state index >= 15 is 0 Å². The zero-order valence-electron chi connectivity index (χ0n) is 6.59. The Morgan fingerprint density at radius 3 is 2.91 bits per heavy atom. The second kappa shape index (κ2) is 3.10. The molecule has 0 radical (unpaired) electrons. The number of hydrogen-bond acceptors (Lipinski definition) is 1. The third kappa shape index (κ3) is 1.52. The van der Waals surface area contributed by atoms with Crippen molar-refractivity contribution in [2.24, 2.45) is 5.73 Å². The Morgan fingerprint density at radius 1 is 1.73 bits per heavy atom. The molecular weight excluding hydrogens is 136 g/mol. The van der Waals surface area contributed by atoms with E-state index in [-0.39, 0.29) is 0 Å². The Morgan fingerprint density at radius 2 is 2.45 bits per heavy atom. The van der Waals surface area contributed by atoms with Crippen LogP contribution in [0, 0.1) is 0 Å². The summed E-state index contributed by atoms with van der Waals surface area (Å²) in [5, 5.41) is 2.05. The fourth-order valence-electron chi connectivity index (χ4n) is 1.01. The molecule has 0 aromatic carbocycles. The normalized spacial score (nSPS) is 13.9. The summed E-state index contributed by atoms with van der Waals surface area (Å²) in [7, 11) is 0. The highest BCUT2D eigenvalue weighted by Crippen LogP contribution is 1.88. The number of hydrogen-bond donors (Lipinski definition) is 2. The standard InChI is InChI=1S/C9H12N2/c1-7(3-5-10)9-4-6-11-8(9)2/h3-6,11H,2,10H2,1H3/b5-3-,9-7-. The Kier molecular flexibility index (Phi) is 2.16. The number of nitrogens with one attached hydrogen (secondary N) is 1. The molecule has 0 amide bonds. The molecule has 0 spiro atoms. The highest BCUT2D eigenvalue weighted by Gasteiger charge is 1.86. The maximum Gasteiger partial charge on any atom is 0.0383 e. The smallest absolute Gasteiger partial charge is 0.0383 e. The Balaban J connectivity index is 3.38. The van der Waals surface area contributed by atoms with Gasteiger partial charge in [0.15, 0.2) is 0 Å². The van der Waals surface area contributed by atoms with Crippen LogP contribution in [-0.4, -0.2) is 4.98 Å². The van der Waals surface area contributed by atoms with Crippen LogP contribution >= 0.6 is 0 Å². The topological polar surface area (TPSA) is 41.8 Å². The van der Waals surface area contributed by atoms with Crippen LogP contribution in [0.15, 0.2) is 24.5 Å². The first-order valence-corrected chi connectivity index (χ1v) is 3.47. The molecule has 1 rings (SSSR count). The van der Waals surface area contributed by atoms with E-state index in [1.165, 1.54) is 6.20 Å². The molecule has 0 aliphatic carbocycles. The summed E-state index contributed by atoms with van der Waals surface area (Å²) in [5.41, 5.74) is 6.38. The van der Waals surface area contributed by atoms with Crippen molar-refractivity contribution in [1.29, 1.82) is 0 Å². The zero-order chi connectivity index (χ0) is 8.27.